The molecule has 1 unspecified atom stereocenters. The third kappa shape index (κ3) is 20.4. The number of hydrogen-bond donors (Lipinski definition) is 2. The molecule has 0 bridgehead atoms. The summed E-state index contributed by atoms with van der Waals surface area (Å²) in [5.41, 5.74) is 0. The topological polar surface area (TPSA) is 76.0 Å². The molecule has 0 saturated carbocycles. The first kappa shape index (κ1) is 26.1. The number of ether oxygens (including phenoxy) is 1. The Balaban J connectivity index is 3.55. The number of aliphatic hydroxyl groups is 1. The summed E-state index contributed by atoms with van der Waals surface area (Å²) in [6.45, 7) is 1.70. The van der Waals surface area contributed by atoms with Crippen molar-refractivity contribution >= 4 is 5.97 Å². The van der Waals surface area contributed by atoms with Crippen molar-refractivity contribution in [2.45, 2.75) is 64.4 Å². The van der Waals surface area contributed by atoms with Crippen LogP contribution in [0.25, 0.3) is 0 Å². The van der Waals surface area contributed by atoms with E-state index in [9.17, 15) is 9.90 Å². The van der Waals surface area contributed by atoms with Gasteiger partial charge in [-0.2, -0.15) is 0 Å². The molecule has 0 amide bonds. The van der Waals surface area contributed by atoms with Gasteiger partial charge in [-0.15, -0.1) is 0 Å². The molecule has 0 radical (unpaired) electrons. The lowest BCUT2D eigenvalue weighted by Gasteiger charge is -2.08. The highest BCUT2D eigenvalue weighted by molar-refractivity contribution is 5.69. The molecule has 28 heavy (non-hydrogen) atoms. The largest absolute Gasteiger partial charge is 0.463 e. The van der Waals surface area contributed by atoms with E-state index in [1.54, 1.807) is 0 Å². The number of aliphatic hydroxyl groups excluding tert-OH is 1. The van der Waals surface area contributed by atoms with Crippen molar-refractivity contribution in [3.05, 3.63) is 60.8 Å². The van der Waals surface area contributed by atoms with E-state index in [4.69, 9.17) is 9.99 Å². The zero-order valence-corrected chi connectivity index (χ0v) is 17.0. The van der Waals surface area contributed by atoms with E-state index in [0.29, 0.717) is 12.8 Å². The van der Waals surface area contributed by atoms with E-state index < -0.39 is 6.10 Å². The minimum atomic E-state index is -1.00. The van der Waals surface area contributed by atoms with Gasteiger partial charge in [0.2, 0.25) is 0 Å². The van der Waals surface area contributed by atoms with E-state index >= 15 is 0 Å². The molecule has 0 rings (SSSR count). The standard InChI is InChI=1S/C23H36O5/c1-2-3-4-5-6-7-8-9-10-11-12-13-14-15-16-17-18-19-23(25)27-20-22(24)21-28-26/h3-4,6-7,9-10,12-13,15-16,22,24,26H,2,5,8,11,14,17-21H2,1H3/b4-3-,7-6-,10-9-,13-12-,16-15-. The van der Waals surface area contributed by atoms with Gasteiger partial charge in [0.15, 0.2) is 0 Å². The zero-order chi connectivity index (χ0) is 20.7. The second-order valence-corrected chi connectivity index (χ2v) is 6.23. The number of allylic oxidation sites excluding steroid dienone is 10. The highest BCUT2D eigenvalue weighted by Crippen LogP contribution is 2.01. The van der Waals surface area contributed by atoms with Crippen molar-refractivity contribution in [3.8, 4) is 0 Å². The van der Waals surface area contributed by atoms with Crippen LogP contribution in [0.3, 0.4) is 0 Å². The van der Waals surface area contributed by atoms with Crippen molar-refractivity contribution in [1.82, 2.24) is 0 Å². The quantitative estimate of drug-likeness (QED) is 0.115. The molecular formula is C23H36O5. The lowest BCUT2D eigenvalue weighted by Crippen LogP contribution is -2.23. The number of carbonyl (C=O) groups is 1. The predicted molar refractivity (Wildman–Crippen MR) is 114 cm³/mol. The van der Waals surface area contributed by atoms with Gasteiger partial charge in [0.25, 0.3) is 0 Å². The first-order valence-electron chi connectivity index (χ1n) is 10.1. The van der Waals surface area contributed by atoms with Crippen molar-refractivity contribution in [3.63, 3.8) is 0 Å². The predicted octanol–water partition coefficient (Wildman–Crippen LogP) is 5.30. The Bertz CT molecular complexity index is 503. The summed E-state index contributed by atoms with van der Waals surface area (Å²) in [5, 5.41) is 17.4. The van der Waals surface area contributed by atoms with Crippen molar-refractivity contribution in [2.24, 2.45) is 0 Å². The van der Waals surface area contributed by atoms with Crippen LogP contribution in [0.4, 0.5) is 0 Å². The highest BCUT2D eigenvalue weighted by Gasteiger charge is 2.08. The molecule has 5 heteroatoms. The van der Waals surface area contributed by atoms with Crippen molar-refractivity contribution < 1.29 is 24.8 Å². The third-order valence-corrected chi connectivity index (χ3v) is 3.61. The number of hydrogen-bond acceptors (Lipinski definition) is 5. The summed E-state index contributed by atoms with van der Waals surface area (Å²) in [7, 11) is 0. The number of rotatable bonds is 17. The first-order valence-corrected chi connectivity index (χ1v) is 10.1. The monoisotopic (exact) mass is 392 g/mol. The molecule has 0 spiro atoms. The maximum Gasteiger partial charge on any atom is 0.305 e. The summed E-state index contributed by atoms with van der Waals surface area (Å²) >= 11 is 0. The molecule has 0 aliphatic heterocycles. The van der Waals surface area contributed by atoms with Crippen LogP contribution >= 0.6 is 0 Å². The van der Waals surface area contributed by atoms with E-state index in [1.807, 2.05) is 0 Å². The van der Waals surface area contributed by atoms with Gasteiger partial charge in [-0.05, 0) is 44.9 Å². The Kier molecular flexibility index (Phi) is 19.9. The maximum absolute atomic E-state index is 11.4. The fourth-order valence-electron chi connectivity index (χ4n) is 2.13. The van der Waals surface area contributed by atoms with Crippen molar-refractivity contribution in [1.29, 1.82) is 0 Å². The van der Waals surface area contributed by atoms with E-state index in [-0.39, 0.29) is 19.2 Å². The molecule has 0 aliphatic carbocycles. The van der Waals surface area contributed by atoms with Crippen LogP contribution in [-0.4, -0.2) is 35.7 Å². The number of unbranched alkanes of at least 4 members (excludes halogenated alkanes) is 1. The summed E-state index contributed by atoms with van der Waals surface area (Å²) < 4.78 is 4.86. The Morgan fingerprint density at radius 1 is 0.821 bits per heavy atom. The molecule has 0 heterocycles. The summed E-state index contributed by atoms with van der Waals surface area (Å²) in [4.78, 5) is 15.2. The Morgan fingerprint density at radius 3 is 1.82 bits per heavy atom. The Labute approximate surface area is 169 Å². The Morgan fingerprint density at radius 2 is 1.32 bits per heavy atom. The van der Waals surface area contributed by atoms with Gasteiger partial charge in [-0.3, -0.25) is 10.1 Å². The molecular weight excluding hydrogens is 356 g/mol. The van der Waals surface area contributed by atoms with Gasteiger partial charge in [0.05, 0.1) is 0 Å². The molecule has 0 saturated heterocycles. The molecule has 1 atom stereocenters. The average molecular weight is 393 g/mol. The molecule has 0 aromatic heterocycles. The second-order valence-electron chi connectivity index (χ2n) is 6.23. The van der Waals surface area contributed by atoms with Gasteiger partial charge in [-0.1, -0.05) is 67.7 Å². The fraction of sp³-hybridized carbons (Fsp3) is 0.522. The molecule has 5 nitrogen and oxygen atoms in total. The second kappa shape index (κ2) is 21.4. The lowest BCUT2D eigenvalue weighted by molar-refractivity contribution is -0.259. The lowest BCUT2D eigenvalue weighted by atomic mass is 10.2. The zero-order valence-electron chi connectivity index (χ0n) is 17.0. The minimum Gasteiger partial charge on any atom is -0.463 e. The first-order chi connectivity index (χ1) is 13.7. The van der Waals surface area contributed by atoms with Gasteiger partial charge in [-0.25, -0.2) is 4.89 Å². The van der Waals surface area contributed by atoms with Crippen LogP contribution in [0.1, 0.15) is 58.3 Å². The van der Waals surface area contributed by atoms with Gasteiger partial charge in [0.1, 0.15) is 19.3 Å². The van der Waals surface area contributed by atoms with Crippen LogP contribution in [0, 0.1) is 0 Å². The van der Waals surface area contributed by atoms with E-state index in [1.165, 1.54) is 0 Å². The van der Waals surface area contributed by atoms with Crippen LogP contribution < -0.4 is 0 Å². The molecule has 0 fully saturated rings. The average Bonchev–Trinajstić information content (AvgIpc) is 2.69. The van der Waals surface area contributed by atoms with E-state index in [0.717, 1.165) is 38.5 Å². The molecule has 158 valence electrons. The maximum atomic E-state index is 11.4. The van der Waals surface area contributed by atoms with Crippen LogP contribution in [-0.2, 0) is 14.4 Å². The van der Waals surface area contributed by atoms with Gasteiger partial charge in [0, 0.05) is 6.42 Å². The third-order valence-electron chi connectivity index (χ3n) is 3.61. The van der Waals surface area contributed by atoms with Crippen LogP contribution in [0.2, 0.25) is 0 Å². The summed E-state index contributed by atoms with van der Waals surface area (Å²) in [5.74, 6) is -0.357. The van der Waals surface area contributed by atoms with Crippen molar-refractivity contribution in [2.75, 3.05) is 13.2 Å². The molecule has 2 N–H and O–H groups in total. The van der Waals surface area contributed by atoms with Gasteiger partial charge >= 0.3 is 5.97 Å². The Hall–Kier alpha value is -1.95. The normalized spacial score (nSPS) is 13.7. The smallest absolute Gasteiger partial charge is 0.305 e. The molecule has 0 aromatic carbocycles. The SMILES string of the molecule is CC/C=C\C/C=C\C/C=C\C/C=C\C/C=C\CCCC(=O)OCC(O)COO. The minimum absolute atomic E-state index is 0.166. The summed E-state index contributed by atoms with van der Waals surface area (Å²) in [6, 6.07) is 0. The summed E-state index contributed by atoms with van der Waals surface area (Å²) in [6.07, 6.45) is 27.2. The number of esters is 1. The molecule has 0 aliphatic rings. The number of carbonyl (C=O) groups excluding carboxylic acids is 1. The van der Waals surface area contributed by atoms with Gasteiger partial charge < -0.3 is 9.84 Å². The van der Waals surface area contributed by atoms with Crippen LogP contribution in [0.5, 0.6) is 0 Å². The van der Waals surface area contributed by atoms with E-state index in [2.05, 4.69) is 72.6 Å². The molecule has 0 aromatic rings. The fourth-order valence-corrected chi connectivity index (χ4v) is 2.13. The highest BCUT2D eigenvalue weighted by atomic mass is 17.1. The van der Waals surface area contributed by atoms with Crippen LogP contribution in [0.15, 0.2) is 60.8 Å².